The summed E-state index contributed by atoms with van der Waals surface area (Å²) >= 11 is 6.25. The lowest BCUT2D eigenvalue weighted by molar-refractivity contribution is -0.115. The molecular formula is C21H21NO4S2. The van der Waals surface area contributed by atoms with Gasteiger partial charge in [0.15, 0.2) is 11.5 Å². The maximum Gasteiger partial charge on any atom is 0.263 e. The Morgan fingerprint density at radius 3 is 2.46 bits per heavy atom. The molecule has 0 radical (unpaired) electrons. The Hall–Kier alpha value is -2.51. The maximum atomic E-state index is 11.8. The molecule has 0 spiro atoms. The van der Waals surface area contributed by atoms with E-state index in [0.29, 0.717) is 33.9 Å². The number of hydrogen-bond donors (Lipinski definition) is 1. The van der Waals surface area contributed by atoms with Crippen LogP contribution in [-0.4, -0.2) is 30.6 Å². The van der Waals surface area contributed by atoms with E-state index < -0.39 is 0 Å². The van der Waals surface area contributed by atoms with Crippen LogP contribution in [0.4, 0.5) is 0 Å². The van der Waals surface area contributed by atoms with Crippen LogP contribution in [-0.2, 0) is 11.2 Å². The Bertz CT molecular complexity index is 894. The van der Waals surface area contributed by atoms with Crippen molar-refractivity contribution in [3.63, 3.8) is 0 Å². The number of benzene rings is 2. The van der Waals surface area contributed by atoms with Gasteiger partial charge in [0.1, 0.15) is 23.3 Å². The smallest absolute Gasteiger partial charge is 0.263 e. The first-order valence-corrected chi connectivity index (χ1v) is 10.1. The normalized spacial score (nSPS) is 14.9. The second-order valence-corrected chi connectivity index (χ2v) is 7.68. The monoisotopic (exact) mass is 415 g/mol. The number of amides is 1. The summed E-state index contributed by atoms with van der Waals surface area (Å²) in [5.41, 5.74) is 2.11. The number of rotatable bonds is 8. The molecule has 1 amide bonds. The molecule has 0 unspecified atom stereocenters. The summed E-state index contributed by atoms with van der Waals surface area (Å²) < 4.78 is 17.4. The number of thiocarbonyl (C=S) groups is 1. The molecular weight excluding hydrogens is 394 g/mol. The van der Waals surface area contributed by atoms with E-state index in [1.54, 1.807) is 13.2 Å². The molecule has 2 aromatic carbocycles. The highest BCUT2D eigenvalue weighted by atomic mass is 32.2. The molecule has 28 heavy (non-hydrogen) atoms. The predicted molar refractivity (Wildman–Crippen MR) is 116 cm³/mol. The SMILES string of the molecule is CCc1ccc(OCCOc2ccc(/C=C3\SC(=S)NC3=O)cc2OC)cc1. The quantitative estimate of drug-likeness (QED) is 0.396. The first-order chi connectivity index (χ1) is 13.6. The van der Waals surface area contributed by atoms with E-state index in [1.165, 1.54) is 17.3 Å². The lowest BCUT2D eigenvalue weighted by atomic mass is 10.2. The van der Waals surface area contributed by atoms with Crippen LogP contribution in [0.3, 0.4) is 0 Å². The molecule has 1 heterocycles. The second kappa shape index (κ2) is 9.61. The number of carbonyl (C=O) groups excluding carboxylic acids is 1. The Balaban J connectivity index is 1.57. The molecule has 2 aromatic rings. The zero-order valence-corrected chi connectivity index (χ0v) is 17.3. The molecule has 0 aromatic heterocycles. The molecule has 5 nitrogen and oxygen atoms in total. The number of ether oxygens (including phenoxy) is 3. The van der Waals surface area contributed by atoms with Crippen molar-refractivity contribution in [2.24, 2.45) is 0 Å². The van der Waals surface area contributed by atoms with Crippen molar-refractivity contribution in [1.29, 1.82) is 0 Å². The summed E-state index contributed by atoms with van der Waals surface area (Å²) in [6, 6.07) is 13.5. The van der Waals surface area contributed by atoms with Crippen LogP contribution in [0.25, 0.3) is 6.08 Å². The zero-order chi connectivity index (χ0) is 19.9. The van der Waals surface area contributed by atoms with E-state index in [4.69, 9.17) is 26.4 Å². The molecule has 3 rings (SSSR count). The van der Waals surface area contributed by atoms with Gasteiger partial charge in [0, 0.05) is 0 Å². The van der Waals surface area contributed by atoms with E-state index >= 15 is 0 Å². The van der Waals surface area contributed by atoms with Gasteiger partial charge in [0.05, 0.1) is 12.0 Å². The minimum atomic E-state index is -0.182. The van der Waals surface area contributed by atoms with Crippen LogP contribution >= 0.6 is 24.0 Å². The number of nitrogens with one attached hydrogen (secondary N) is 1. The fourth-order valence-corrected chi connectivity index (χ4v) is 3.64. The lowest BCUT2D eigenvalue weighted by Gasteiger charge is -2.12. The number of aryl methyl sites for hydroxylation is 1. The van der Waals surface area contributed by atoms with Crippen molar-refractivity contribution in [2.45, 2.75) is 13.3 Å². The summed E-state index contributed by atoms with van der Waals surface area (Å²) in [5.74, 6) is 1.85. The summed E-state index contributed by atoms with van der Waals surface area (Å²) in [6.07, 6.45) is 2.78. The Labute approximate surface area is 174 Å². The lowest BCUT2D eigenvalue weighted by Crippen LogP contribution is -2.17. The summed E-state index contributed by atoms with van der Waals surface area (Å²) in [7, 11) is 1.58. The largest absolute Gasteiger partial charge is 0.493 e. The standard InChI is InChI=1S/C21H21NO4S2/c1-3-14-4-7-16(8-5-14)25-10-11-26-17-9-6-15(12-18(17)24-2)13-19-20(23)22-21(27)28-19/h4-9,12-13H,3,10-11H2,1-2H3,(H,22,23,27)/b19-13-. The van der Waals surface area contributed by atoms with Crippen molar-refractivity contribution < 1.29 is 19.0 Å². The van der Waals surface area contributed by atoms with Gasteiger partial charge in [-0.3, -0.25) is 4.79 Å². The second-order valence-electron chi connectivity index (χ2n) is 5.96. The molecule has 0 saturated carbocycles. The van der Waals surface area contributed by atoms with Gasteiger partial charge >= 0.3 is 0 Å². The van der Waals surface area contributed by atoms with Gasteiger partial charge in [-0.25, -0.2) is 0 Å². The molecule has 0 aliphatic carbocycles. The molecule has 1 fully saturated rings. The fourth-order valence-electron chi connectivity index (χ4n) is 2.60. The van der Waals surface area contributed by atoms with Gasteiger partial charge in [-0.2, -0.15) is 0 Å². The summed E-state index contributed by atoms with van der Waals surface area (Å²) in [4.78, 5) is 12.3. The van der Waals surface area contributed by atoms with Crippen LogP contribution in [0.1, 0.15) is 18.1 Å². The maximum absolute atomic E-state index is 11.8. The third-order valence-corrected chi connectivity index (χ3v) is 5.23. The minimum absolute atomic E-state index is 0.182. The average Bonchev–Trinajstić information content (AvgIpc) is 3.03. The zero-order valence-electron chi connectivity index (χ0n) is 15.7. The highest BCUT2D eigenvalue weighted by molar-refractivity contribution is 8.26. The van der Waals surface area contributed by atoms with Crippen LogP contribution < -0.4 is 19.5 Å². The highest BCUT2D eigenvalue weighted by Crippen LogP contribution is 2.31. The van der Waals surface area contributed by atoms with Gasteiger partial charge in [-0.15, -0.1) is 0 Å². The number of thioether (sulfide) groups is 1. The summed E-state index contributed by atoms with van der Waals surface area (Å²) in [6.45, 7) is 2.93. The molecule has 1 saturated heterocycles. The number of carbonyl (C=O) groups is 1. The van der Waals surface area contributed by atoms with Crippen molar-refractivity contribution in [2.75, 3.05) is 20.3 Å². The van der Waals surface area contributed by atoms with E-state index in [1.807, 2.05) is 30.3 Å². The van der Waals surface area contributed by atoms with Gasteiger partial charge in [0.2, 0.25) is 0 Å². The Kier molecular flexibility index (Phi) is 6.95. The van der Waals surface area contributed by atoms with Crippen molar-refractivity contribution in [1.82, 2.24) is 5.32 Å². The van der Waals surface area contributed by atoms with E-state index in [9.17, 15) is 4.79 Å². The average molecular weight is 416 g/mol. The molecule has 7 heteroatoms. The summed E-state index contributed by atoms with van der Waals surface area (Å²) in [5, 5.41) is 2.60. The molecule has 0 atom stereocenters. The molecule has 146 valence electrons. The van der Waals surface area contributed by atoms with E-state index in [2.05, 4.69) is 24.4 Å². The number of hydrogen-bond acceptors (Lipinski definition) is 6. The molecule has 1 aliphatic rings. The highest BCUT2D eigenvalue weighted by Gasteiger charge is 2.22. The molecule has 1 aliphatic heterocycles. The fraction of sp³-hybridized carbons (Fsp3) is 0.238. The topological polar surface area (TPSA) is 56.8 Å². The van der Waals surface area contributed by atoms with Crippen LogP contribution in [0.2, 0.25) is 0 Å². The van der Waals surface area contributed by atoms with Crippen molar-refractivity contribution in [3.8, 4) is 17.2 Å². The predicted octanol–water partition coefficient (Wildman–Crippen LogP) is 4.20. The third kappa shape index (κ3) is 5.27. The van der Waals surface area contributed by atoms with E-state index in [-0.39, 0.29) is 5.91 Å². The first kappa shape index (κ1) is 20.2. The first-order valence-electron chi connectivity index (χ1n) is 8.86. The minimum Gasteiger partial charge on any atom is -0.493 e. The molecule has 1 N–H and O–H groups in total. The van der Waals surface area contributed by atoms with Crippen LogP contribution in [0.5, 0.6) is 17.2 Å². The van der Waals surface area contributed by atoms with Crippen LogP contribution in [0.15, 0.2) is 47.4 Å². The van der Waals surface area contributed by atoms with Gasteiger partial charge in [-0.05, 0) is 47.9 Å². The molecule has 0 bridgehead atoms. The van der Waals surface area contributed by atoms with Crippen molar-refractivity contribution >= 4 is 40.3 Å². The van der Waals surface area contributed by atoms with Gasteiger partial charge in [0.25, 0.3) is 5.91 Å². The Morgan fingerprint density at radius 1 is 1.07 bits per heavy atom. The van der Waals surface area contributed by atoms with E-state index in [0.717, 1.165) is 17.7 Å². The van der Waals surface area contributed by atoms with Gasteiger partial charge < -0.3 is 19.5 Å². The van der Waals surface area contributed by atoms with Crippen LogP contribution in [0, 0.1) is 0 Å². The van der Waals surface area contributed by atoms with Crippen molar-refractivity contribution in [3.05, 3.63) is 58.5 Å². The number of methoxy groups -OCH3 is 1. The van der Waals surface area contributed by atoms with Gasteiger partial charge in [-0.1, -0.05) is 49.1 Å². The third-order valence-electron chi connectivity index (χ3n) is 4.07. The Morgan fingerprint density at radius 2 is 1.82 bits per heavy atom.